The number of rotatable bonds is 8. The van der Waals surface area contributed by atoms with Gasteiger partial charge in [0.1, 0.15) is 5.82 Å². The normalized spacial score (nSPS) is 11.7. The number of aromatic nitrogens is 2. The van der Waals surface area contributed by atoms with Crippen LogP contribution in [0.4, 0.5) is 0 Å². The van der Waals surface area contributed by atoms with Crippen LogP contribution in [0.1, 0.15) is 18.3 Å². The van der Waals surface area contributed by atoms with Gasteiger partial charge in [0.05, 0.1) is 23.3 Å². The van der Waals surface area contributed by atoms with E-state index in [-0.39, 0.29) is 24.0 Å². The summed E-state index contributed by atoms with van der Waals surface area (Å²) in [6, 6.07) is 17.1. The molecule has 0 saturated heterocycles. The molecule has 0 bridgehead atoms. The average molecular weight is 567 g/mol. The minimum atomic E-state index is -3.17. The molecule has 2 aromatic carbocycles. The summed E-state index contributed by atoms with van der Waals surface area (Å²) in [7, 11) is -1.19. The van der Waals surface area contributed by atoms with Gasteiger partial charge in [-0.05, 0) is 36.6 Å². The summed E-state index contributed by atoms with van der Waals surface area (Å²) in [5, 5.41) is 3.31. The Hall–Kier alpha value is -2.40. The second-order valence-corrected chi connectivity index (χ2v) is 9.38. The number of hydrogen-bond donors (Lipinski definition) is 2. The molecule has 1 aromatic heterocycles. The van der Waals surface area contributed by atoms with Gasteiger partial charge < -0.3 is 15.2 Å². The lowest BCUT2D eigenvalue weighted by atomic mass is 10.1. The third-order valence-electron chi connectivity index (χ3n) is 4.81. The van der Waals surface area contributed by atoms with Gasteiger partial charge in [-0.2, -0.15) is 0 Å². The number of H-pyrrole nitrogens is 1. The first kappa shape index (κ1) is 25.9. The Kier molecular flexibility index (Phi) is 9.70. The van der Waals surface area contributed by atoms with Gasteiger partial charge in [-0.15, -0.1) is 24.0 Å². The zero-order valence-electron chi connectivity index (χ0n) is 18.6. The second kappa shape index (κ2) is 12.0. The monoisotopic (exact) mass is 567 g/mol. The van der Waals surface area contributed by atoms with Crippen molar-refractivity contribution in [2.75, 3.05) is 26.4 Å². The Morgan fingerprint density at radius 3 is 2.44 bits per heavy atom. The van der Waals surface area contributed by atoms with Crippen LogP contribution >= 0.6 is 24.0 Å². The maximum atomic E-state index is 11.6. The summed E-state index contributed by atoms with van der Waals surface area (Å²) in [4.78, 5) is 15.0. The molecule has 1 heterocycles. The lowest BCUT2D eigenvalue weighted by Gasteiger charge is -2.21. The second-order valence-electron chi connectivity index (χ2n) is 7.37. The van der Waals surface area contributed by atoms with Crippen LogP contribution in [0.25, 0.3) is 11.3 Å². The van der Waals surface area contributed by atoms with Gasteiger partial charge in [-0.25, -0.2) is 13.4 Å². The van der Waals surface area contributed by atoms with E-state index in [4.69, 9.17) is 4.99 Å². The summed E-state index contributed by atoms with van der Waals surface area (Å²) in [5.41, 5.74) is 3.14. The lowest BCUT2D eigenvalue weighted by Crippen LogP contribution is -2.38. The lowest BCUT2D eigenvalue weighted by molar-refractivity contribution is 0.464. The fraction of sp³-hybridized carbons (Fsp3) is 0.304. The average Bonchev–Trinajstić information content (AvgIpc) is 3.22. The molecule has 0 aliphatic carbocycles. The van der Waals surface area contributed by atoms with Gasteiger partial charge in [-0.1, -0.05) is 42.5 Å². The molecule has 3 rings (SSSR count). The molecule has 3 aromatic rings. The predicted octanol–water partition coefficient (Wildman–Crippen LogP) is 3.74. The Labute approximate surface area is 207 Å². The van der Waals surface area contributed by atoms with Gasteiger partial charge in [0.2, 0.25) is 0 Å². The molecule has 0 aliphatic rings. The van der Waals surface area contributed by atoms with Crippen molar-refractivity contribution >= 4 is 39.8 Å². The maximum Gasteiger partial charge on any atom is 0.194 e. The first-order valence-electron chi connectivity index (χ1n) is 10.2. The molecule has 0 unspecified atom stereocenters. The molecule has 2 N–H and O–H groups in total. The largest absolute Gasteiger partial charge is 0.357 e. The number of benzene rings is 2. The van der Waals surface area contributed by atoms with Crippen LogP contribution in [0.3, 0.4) is 0 Å². The van der Waals surface area contributed by atoms with Gasteiger partial charge >= 0.3 is 0 Å². The van der Waals surface area contributed by atoms with Crippen LogP contribution in [-0.2, 0) is 22.8 Å². The number of hydrogen-bond acceptors (Lipinski definition) is 4. The van der Waals surface area contributed by atoms with E-state index in [1.165, 1.54) is 6.26 Å². The quantitative estimate of drug-likeness (QED) is 0.246. The van der Waals surface area contributed by atoms with Crippen molar-refractivity contribution in [3.8, 4) is 11.3 Å². The predicted molar refractivity (Wildman–Crippen MR) is 140 cm³/mol. The van der Waals surface area contributed by atoms with E-state index in [0.29, 0.717) is 18.0 Å². The molecule has 0 aliphatic heterocycles. The van der Waals surface area contributed by atoms with E-state index in [9.17, 15) is 8.42 Å². The molecule has 0 spiro atoms. The number of aliphatic imine (C=N–C) groups is 1. The summed E-state index contributed by atoms with van der Waals surface area (Å²) in [6.45, 7) is 3.99. The third kappa shape index (κ3) is 7.33. The molecule has 0 radical (unpaired) electrons. The highest BCUT2D eigenvalue weighted by molar-refractivity contribution is 14.0. The zero-order chi connectivity index (χ0) is 22.3. The molecule has 0 atom stereocenters. The maximum absolute atomic E-state index is 11.6. The van der Waals surface area contributed by atoms with Crippen LogP contribution < -0.4 is 5.32 Å². The summed E-state index contributed by atoms with van der Waals surface area (Å²) in [6.07, 6.45) is 3.79. The van der Waals surface area contributed by atoms with Crippen molar-refractivity contribution in [3.05, 3.63) is 72.2 Å². The molecule has 7 nitrogen and oxygen atoms in total. The SMILES string of the molecule is CCNC(=NCCc1ccc(S(C)(=O)=O)cc1)N(C)Cc1ncc(-c2ccccc2)[nH]1.I. The number of sulfone groups is 1. The van der Waals surface area contributed by atoms with Crippen LogP contribution in [0.5, 0.6) is 0 Å². The summed E-state index contributed by atoms with van der Waals surface area (Å²) < 4.78 is 23.2. The van der Waals surface area contributed by atoms with Crippen molar-refractivity contribution in [2.45, 2.75) is 24.8 Å². The summed E-state index contributed by atoms with van der Waals surface area (Å²) >= 11 is 0. The van der Waals surface area contributed by atoms with Crippen molar-refractivity contribution in [1.29, 1.82) is 0 Å². The number of nitrogens with zero attached hydrogens (tertiary/aromatic N) is 3. The fourth-order valence-electron chi connectivity index (χ4n) is 3.17. The number of imidazole rings is 1. The molecule has 9 heteroatoms. The highest BCUT2D eigenvalue weighted by Gasteiger charge is 2.10. The first-order valence-corrected chi connectivity index (χ1v) is 12.1. The molecule has 0 amide bonds. The van der Waals surface area contributed by atoms with E-state index in [1.807, 2.05) is 55.4 Å². The van der Waals surface area contributed by atoms with E-state index < -0.39 is 9.84 Å². The van der Waals surface area contributed by atoms with Gasteiger partial charge in [-0.3, -0.25) is 4.99 Å². The number of nitrogens with one attached hydrogen (secondary N) is 2. The Balaban J connectivity index is 0.00000363. The van der Waals surface area contributed by atoms with Crippen LogP contribution in [0.2, 0.25) is 0 Å². The Bertz CT molecular complexity index is 1110. The van der Waals surface area contributed by atoms with Crippen LogP contribution in [0, 0.1) is 0 Å². The van der Waals surface area contributed by atoms with Crippen molar-refractivity contribution < 1.29 is 8.42 Å². The number of halogens is 1. The van der Waals surface area contributed by atoms with Gasteiger partial charge in [0, 0.05) is 26.4 Å². The van der Waals surface area contributed by atoms with E-state index >= 15 is 0 Å². The molecule has 0 fully saturated rings. The standard InChI is InChI=1S/C23H29N5O2S.HI/c1-4-24-23(25-15-14-18-10-12-20(13-11-18)31(3,29)30)28(2)17-22-26-16-21(27-22)19-8-6-5-7-9-19;/h5-13,16H,4,14-15,17H2,1-3H3,(H,24,25)(H,26,27);1H. The molecule has 172 valence electrons. The summed E-state index contributed by atoms with van der Waals surface area (Å²) in [5.74, 6) is 1.66. The van der Waals surface area contributed by atoms with Gasteiger partial charge in [0.25, 0.3) is 0 Å². The molecule has 32 heavy (non-hydrogen) atoms. The molecular formula is C23H30IN5O2S. The minimum absolute atomic E-state index is 0. The topological polar surface area (TPSA) is 90.4 Å². The van der Waals surface area contributed by atoms with Gasteiger partial charge in [0.15, 0.2) is 15.8 Å². The van der Waals surface area contributed by atoms with Crippen LogP contribution in [0.15, 0.2) is 70.7 Å². The number of guanidine groups is 1. The molecular weight excluding hydrogens is 537 g/mol. The minimum Gasteiger partial charge on any atom is -0.357 e. The number of aromatic amines is 1. The van der Waals surface area contributed by atoms with Crippen molar-refractivity contribution in [2.24, 2.45) is 4.99 Å². The third-order valence-corrected chi connectivity index (χ3v) is 5.94. The Morgan fingerprint density at radius 2 is 1.81 bits per heavy atom. The van der Waals surface area contributed by atoms with Crippen LogP contribution in [-0.4, -0.2) is 55.6 Å². The Morgan fingerprint density at radius 1 is 1.12 bits per heavy atom. The fourth-order valence-corrected chi connectivity index (χ4v) is 3.80. The van der Waals surface area contributed by atoms with E-state index in [2.05, 4.69) is 27.4 Å². The van der Waals surface area contributed by atoms with Crippen molar-refractivity contribution in [1.82, 2.24) is 20.2 Å². The highest BCUT2D eigenvalue weighted by Crippen LogP contribution is 2.16. The highest BCUT2D eigenvalue weighted by atomic mass is 127. The zero-order valence-corrected chi connectivity index (χ0v) is 21.7. The smallest absolute Gasteiger partial charge is 0.194 e. The first-order chi connectivity index (χ1) is 14.9. The van der Waals surface area contributed by atoms with Crippen molar-refractivity contribution in [3.63, 3.8) is 0 Å². The van der Waals surface area contributed by atoms with E-state index in [1.54, 1.807) is 12.1 Å². The van der Waals surface area contributed by atoms with E-state index in [0.717, 1.165) is 41.6 Å². The molecule has 0 saturated carbocycles.